The van der Waals surface area contributed by atoms with E-state index in [-0.39, 0.29) is 11.6 Å². The van der Waals surface area contributed by atoms with Crippen molar-refractivity contribution in [3.63, 3.8) is 0 Å². The summed E-state index contributed by atoms with van der Waals surface area (Å²) in [7, 11) is 0. The second kappa shape index (κ2) is 5.92. The third-order valence-electron chi connectivity index (χ3n) is 4.84. The molecule has 0 N–H and O–H groups in total. The van der Waals surface area contributed by atoms with E-state index in [1.54, 1.807) is 30.3 Å². The molecule has 0 aromatic heterocycles. The van der Waals surface area contributed by atoms with Gasteiger partial charge < -0.3 is 4.74 Å². The fourth-order valence-corrected chi connectivity index (χ4v) is 3.55. The molecule has 3 nitrogen and oxygen atoms in total. The molecule has 0 bridgehead atoms. The van der Waals surface area contributed by atoms with Gasteiger partial charge >= 0.3 is 0 Å². The molecule has 0 aliphatic heterocycles. The molecule has 4 aromatic rings. The molecule has 0 amide bonds. The van der Waals surface area contributed by atoms with E-state index in [4.69, 9.17) is 4.74 Å². The highest BCUT2D eigenvalue weighted by Gasteiger charge is 2.32. The zero-order valence-electron chi connectivity index (χ0n) is 14.3. The lowest BCUT2D eigenvalue weighted by molar-refractivity contribution is 0.0977. The third kappa shape index (κ3) is 2.44. The summed E-state index contributed by atoms with van der Waals surface area (Å²) in [4.78, 5) is 26.4. The second-order valence-electron chi connectivity index (χ2n) is 6.50. The van der Waals surface area contributed by atoms with E-state index in [0.29, 0.717) is 33.8 Å². The summed E-state index contributed by atoms with van der Waals surface area (Å²) in [6, 6.07) is 25.7. The Balaban J connectivity index is 1.70. The van der Waals surface area contributed by atoms with Crippen LogP contribution in [0.25, 0.3) is 10.8 Å². The van der Waals surface area contributed by atoms with Crippen LogP contribution < -0.4 is 4.74 Å². The molecule has 128 valence electrons. The Hall–Kier alpha value is -3.72. The van der Waals surface area contributed by atoms with Crippen molar-refractivity contribution in [3.8, 4) is 11.5 Å². The molecule has 0 atom stereocenters. The maximum absolute atomic E-state index is 13.3. The van der Waals surface area contributed by atoms with Gasteiger partial charge in [0.1, 0.15) is 11.5 Å². The monoisotopic (exact) mass is 350 g/mol. The summed E-state index contributed by atoms with van der Waals surface area (Å²) in [5.41, 5.74) is 1.59. The van der Waals surface area contributed by atoms with Gasteiger partial charge in [-0.05, 0) is 41.1 Å². The molecule has 27 heavy (non-hydrogen) atoms. The lowest BCUT2D eigenvalue weighted by atomic mass is 9.82. The topological polar surface area (TPSA) is 43.4 Å². The van der Waals surface area contributed by atoms with Crippen molar-refractivity contribution in [3.05, 3.63) is 107 Å². The number of carbonyl (C=O) groups is 2. The van der Waals surface area contributed by atoms with Gasteiger partial charge in [-0.15, -0.1) is 0 Å². The molecule has 1 aliphatic rings. The van der Waals surface area contributed by atoms with Crippen molar-refractivity contribution in [1.29, 1.82) is 0 Å². The summed E-state index contributed by atoms with van der Waals surface area (Å²) in [5, 5.41) is 1.87. The van der Waals surface area contributed by atoms with Crippen LogP contribution in [-0.4, -0.2) is 11.6 Å². The van der Waals surface area contributed by atoms with E-state index in [1.807, 2.05) is 54.6 Å². The minimum atomic E-state index is -0.183. The molecule has 0 saturated carbocycles. The fraction of sp³-hybridized carbons (Fsp3) is 0. The van der Waals surface area contributed by atoms with Crippen LogP contribution in [0.4, 0.5) is 0 Å². The standard InChI is InChI=1S/C24H14O3/c25-23-18-11-6-12-21(27-17-9-2-1-3-10-17)22(18)24(26)20-14-16-8-5-4-7-15(16)13-19(20)23/h1-14H. The molecule has 0 fully saturated rings. The number of para-hydroxylation sites is 1. The van der Waals surface area contributed by atoms with E-state index < -0.39 is 0 Å². The highest BCUT2D eigenvalue weighted by molar-refractivity contribution is 6.30. The zero-order chi connectivity index (χ0) is 18.4. The molecule has 0 saturated heterocycles. The number of hydrogen-bond donors (Lipinski definition) is 0. The van der Waals surface area contributed by atoms with Crippen molar-refractivity contribution in [1.82, 2.24) is 0 Å². The lowest BCUT2D eigenvalue weighted by Gasteiger charge is -2.20. The Bertz CT molecular complexity index is 1220. The quantitative estimate of drug-likeness (QED) is 0.428. The third-order valence-corrected chi connectivity index (χ3v) is 4.84. The van der Waals surface area contributed by atoms with E-state index in [1.165, 1.54) is 0 Å². The first-order chi connectivity index (χ1) is 13.2. The number of hydrogen-bond acceptors (Lipinski definition) is 3. The Morgan fingerprint density at radius 2 is 1.19 bits per heavy atom. The summed E-state index contributed by atoms with van der Waals surface area (Å²) in [5.74, 6) is 0.687. The molecule has 5 rings (SSSR count). The van der Waals surface area contributed by atoms with E-state index in [2.05, 4.69) is 0 Å². The van der Waals surface area contributed by atoms with Crippen LogP contribution in [0, 0.1) is 0 Å². The number of benzene rings is 4. The summed E-state index contributed by atoms with van der Waals surface area (Å²) in [6.07, 6.45) is 0. The van der Waals surface area contributed by atoms with Crippen LogP contribution in [0.1, 0.15) is 31.8 Å². The predicted octanol–water partition coefficient (Wildman–Crippen LogP) is 5.41. The number of carbonyl (C=O) groups excluding carboxylic acids is 2. The maximum atomic E-state index is 13.3. The van der Waals surface area contributed by atoms with Crippen LogP contribution >= 0.6 is 0 Å². The molecule has 0 unspecified atom stereocenters. The fourth-order valence-electron chi connectivity index (χ4n) is 3.55. The smallest absolute Gasteiger partial charge is 0.198 e. The van der Waals surface area contributed by atoms with Gasteiger partial charge in [0.2, 0.25) is 0 Å². The lowest BCUT2D eigenvalue weighted by Crippen LogP contribution is -2.21. The molecule has 1 aliphatic carbocycles. The van der Waals surface area contributed by atoms with Crippen LogP contribution in [0.15, 0.2) is 84.9 Å². The van der Waals surface area contributed by atoms with Crippen molar-refractivity contribution in [2.75, 3.05) is 0 Å². The van der Waals surface area contributed by atoms with Gasteiger partial charge in [0.05, 0.1) is 5.56 Å². The Kier molecular flexibility index (Phi) is 3.41. The second-order valence-corrected chi connectivity index (χ2v) is 6.50. The van der Waals surface area contributed by atoms with E-state index in [0.717, 1.165) is 10.8 Å². The van der Waals surface area contributed by atoms with Crippen LogP contribution in [-0.2, 0) is 0 Å². The maximum Gasteiger partial charge on any atom is 0.198 e. The molecule has 0 heterocycles. The average Bonchev–Trinajstić information content (AvgIpc) is 2.71. The molecular formula is C24H14O3. The van der Waals surface area contributed by atoms with Gasteiger partial charge in [-0.1, -0.05) is 54.6 Å². The van der Waals surface area contributed by atoms with Gasteiger partial charge in [-0.3, -0.25) is 9.59 Å². The van der Waals surface area contributed by atoms with Gasteiger partial charge in [-0.2, -0.15) is 0 Å². The summed E-state index contributed by atoms with van der Waals surface area (Å²) >= 11 is 0. The van der Waals surface area contributed by atoms with Crippen molar-refractivity contribution in [2.45, 2.75) is 0 Å². The minimum absolute atomic E-state index is 0.149. The first-order valence-electron chi connectivity index (χ1n) is 8.70. The normalized spacial score (nSPS) is 12.6. The average molecular weight is 350 g/mol. The van der Waals surface area contributed by atoms with Gasteiger partial charge in [0.25, 0.3) is 0 Å². The highest BCUT2D eigenvalue weighted by atomic mass is 16.5. The molecular weight excluding hydrogens is 336 g/mol. The summed E-state index contributed by atoms with van der Waals surface area (Å²) in [6.45, 7) is 0. The zero-order valence-corrected chi connectivity index (χ0v) is 14.3. The first-order valence-corrected chi connectivity index (χ1v) is 8.70. The van der Waals surface area contributed by atoms with Crippen LogP contribution in [0.2, 0.25) is 0 Å². The molecule has 0 radical (unpaired) electrons. The SMILES string of the molecule is O=C1c2cc3ccccc3cc2C(=O)c2c(Oc3ccccc3)cccc21. The van der Waals surface area contributed by atoms with Crippen molar-refractivity contribution in [2.24, 2.45) is 0 Å². The van der Waals surface area contributed by atoms with Gasteiger partial charge in [0.15, 0.2) is 11.6 Å². The van der Waals surface area contributed by atoms with Crippen molar-refractivity contribution >= 4 is 22.3 Å². The van der Waals surface area contributed by atoms with Crippen LogP contribution in [0.3, 0.4) is 0 Å². The first kappa shape index (κ1) is 15.5. The van der Waals surface area contributed by atoms with Crippen molar-refractivity contribution < 1.29 is 14.3 Å². The molecule has 3 heteroatoms. The molecule has 0 spiro atoms. The van der Waals surface area contributed by atoms with E-state index >= 15 is 0 Å². The Morgan fingerprint density at radius 3 is 1.89 bits per heavy atom. The van der Waals surface area contributed by atoms with Gasteiger partial charge in [0, 0.05) is 16.7 Å². The van der Waals surface area contributed by atoms with E-state index in [9.17, 15) is 9.59 Å². The number of ether oxygens (including phenoxy) is 1. The Morgan fingerprint density at radius 1 is 0.556 bits per heavy atom. The molecule has 4 aromatic carbocycles. The largest absolute Gasteiger partial charge is 0.457 e. The Labute approximate surface area is 155 Å². The van der Waals surface area contributed by atoms with Crippen LogP contribution in [0.5, 0.6) is 11.5 Å². The number of rotatable bonds is 2. The van der Waals surface area contributed by atoms with Gasteiger partial charge in [-0.25, -0.2) is 0 Å². The minimum Gasteiger partial charge on any atom is -0.457 e. The number of fused-ring (bicyclic) bond motifs is 3. The predicted molar refractivity (Wildman–Crippen MR) is 104 cm³/mol. The highest BCUT2D eigenvalue weighted by Crippen LogP contribution is 2.36. The number of ketones is 2. The summed E-state index contributed by atoms with van der Waals surface area (Å²) < 4.78 is 5.92.